The molecule has 0 radical (unpaired) electrons. The summed E-state index contributed by atoms with van der Waals surface area (Å²) in [5, 5.41) is 0. The highest BCUT2D eigenvalue weighted by Gasteiger charge is 2.15. The van der Waals surface area contributed by atoms with Crippen molar-refractivity contribution >= 4 is 21.7 Å². The first-order valence-corrected chi connectivity index (χ1v) is 6.50. The molecule has 0 fully saturated rings. The van der Waals surface area contributed by atoms with Crippen molar-refractivity contribution in [3.05, 3.63) is 69.2 Å². The Morgan fingerprint density at radius 2 is 1.89 bits per heavy atom. The average Bonchev–Trinajstić information content (AvgIpc) is 2.33. The van der Waals surface area contributed by atoms with Crippen LogP contribution in [0.2, 0.25) is 0 Å². The molecule has 0 atom stereocenters. The quantitative estimate of drug-likeness (QED) is 0.762. The van der Waals surface area contributed by atoms with Crippen LogP contribution in [0.25, 0.3) is 0 Å². The summed E-state index contributed by atoms with van der Waals surface area (Å²) in [7, 11) is 0. The van der Waals surface area contributed by atoms with E-state index in [2.05, 4.69) is 15.9 Å². The van der Waals surface area contributed by atoms with Gasteiger partial charge in [-0.3, -0.25) is 4.79 Å². The summed E-state index contributed by atoms with van der Waals surface area (Å²) < 4.78 is 27.9. The predicted octanol–water partition coefficient (Wildman–Crippen LogP) is 4.46. The Labute approximate surface area is 118 Å². The van der Waals surface area contributed by atoms with Gasteiger partial charge >= 0.3 is 0 Å². The lowest BCUT2D eigenvalue weighted by Crippen LogP contribution is -2.07. The van der Waals surface area contributed by atoms with Crippen LogP contribution >= 0.6 is 15.9 Å². The maximum Gasteiger partial charge on any atom is 0.170 e. The molecule has 1 nitrogen and oxygen atoms in total. The van der Waals surface area contributed by atoms with Gasteiger partial charge in [-0.1, -0.05) is 28.1 Å². The zero-order valence-electron chi connectivity index (χ0n) is 10.2. The molecule has 4 heteroatoms. The number of hydrogen-bond donors (Lipinski definition) is 0. The number of carbonyl (C=O) groups excluding carboxylic acids is 1. The Bertz CT molecular complexity index is 638. The van der Waals surface area contributed by atoms with E-state index in [1.165, 1.54) is 6.92 Å². The van der Waals surface area contributed by atoms with Gasteiger partial charge in [0.05, 0.1) is 5.56 Å². The number of ketones is 1. The average molecular weight is 325 g/mol. The van der Waals surface area contributed by atoms with Crippen LogP contribution in [0.4, 0.5) is 8.78 Å². The van der Waals surface area contributed by atoms with E-state index in [9.17, 15) is 13.6 Å². The van der Waals surface area contributed by atoms with Gasteiger partial charge in [0.25, 0.3) is 0 Å². The molecule has 0 aromatic heterocycles. The van der Waals surface area contributed by atoms with Crippen molar-refractivity contribution in [2.75, 3.05) is 0 Å². The third-order valence-corrected chi connectivity index (χ3v) is 3.30. The van der Waals surface area contributed by atoms with Crippen LogP contribution in [0.3, 0.4) is 0 Å². The Hall–Kier alpha value is -1.55. The Morgan fingerprint density at radius 3 is 2.58 bits per heavy atom. The second-order valence-corrected chi connectivity index (χ2v) is 5.23. The van der Waals surface area contributed by atoms with Crippen LogP contribution in [-0.4, -0.2) is 5.78 Å². The monoisotopic (exact) mass is 324 g/mol. The number of Topliss-reactive ketones (excluding diaryl/α,β-unsaturated/α-hetero) is 1. The highest BCUT2D eigenvalue weighted by atomic mass is 79.9. The van der Waals surface area contributed by atoms with E-state index in [0.29, 0.717) is 0 Å². The molecule has 0 aliphatic heterocycles. The number of halogens is 3. The molecule has 2 rings (SSSR count). The molecule has 0 unspecified atom stereocenters. The van der Waals surface area contributed by atoms with Crippen molar-refractivity contribution in [2.24, 2.45) is 0 Å². The minimum atomic E-state index is -0.682. The molecule has 19 heavy (non-hydrogen) atoms. The predicted molar refractivity (Wildman–Crippen MR) is 73.3 cm³/mol. The van der Waals surface area contributed by atoms with Crippen LogP contribution in [0.15, 0.2) is 40.9 Å². The molecule has 2 aromatic rings. The van der Waals surface area contributed by atoms with E-state index >= 15 is 0 Å². The maximum atomic E-state index is 13.7. The van der Waals surface area contributed by atoms with Gasteiger partial charge in [-0.15, -0.1) is 0 Å². The fourth-order valence-corrected chi connectivity index (χ4v) is 2.23. The molecule has 0 aliphatic carbocycles. The Kier molecular flexibility index (Phi) is 4.10. The lowest BCUT2D eigenvalue weighted by atomic mass is 10.0. The fourth-order valence-electron chi connectivity index (χ4n) is 1.79. The SMILES string of the molecule is Cc1cc(F)c(C(=O)Cc2cccc(Br)c2)cc1F. The molecule has 0 saturated heterocycles. The number of hydrogen-bond acceptors (Lipinski definition) is 1. The van der Waals surface area contributed by atoms with Gasteiger partial charge in [0, 0.05) is 10.9 Å². The number of carbonyl (C=O) groups is 1. The van der Waals surface area contributed by atoms with Gasteiger partial charge in [-0.25, -0.2) is 8.78 Å². The molecule has 2 aromatic carbocycles. The molecular formula is C15H11BrF2O. The second-order valence-electron chi connectivity index (χ2n) is 4.31. The summed E-state index contributed by atoms with van der Waals surface area (Å²) in [4.78, 5) is 12.0. The Balaban J connectivity index is 2.28. The molecule has 98 valence electrons. The van der Waals surface area contributed by atoms with Crippen LogP contribution in [0.1, 0.15) is 21.5 Å². The zero-order valence-corrected chi connectivity index (χ0v) is 11.8. The summed E-state index contributed by atoms with van der Waals surface area (Å²) in [6, 6.07) is 9.18. The van der Waals surface area contributed by atoms with Crippen molar-refractivity contribution in [3.63, 3.8) is 0 Å². The minimum Gasteiger partial charge on any atom is -0.294 e. The van der Waals surface area contributed by atoms with Crippen molar-refractivity contribution < 1.29 is 13.6 Å². The Morgan fingerprint density at radius 1 is 1.16 bits per heavy atom. The number of rotatable bonds is 3. The van der Waals surface area contributed by atoms with Crippen molar-refractivity contribution in [1.82, 2.24) is 0 Å². The summed E-state index contributed by atoms with van der Waals surface area (Å²) in [6.45, 7) is 1.46. The highest BCUT2D eigenvalue weighted by molar-refractivity contribution is 9.10. The molecule has 0 N–H and O–H groups in total. The van der Waals surface area contributed by atoms with E-state index in [4.69, 9.17) is 0 Å². The third kappa shape index (κ3) is 3.26. The third-order valence-electron chi connectivity index (χ3n) is 2.80. The van der Waals surface area contributed by atoms with Crippen molar-refractivity contribution in [2.45, 2.75) is 13.3 Å². The van der Waals surface area contributed by atoms with Crippen LogP contribution in [0.5, 0.6) is 0 Å². The van der Waals surface area contributed by atoms with E-state index in [1.54, 1.807) is 18.2 Å². The van der Waals surface area contributed by atoms with Crippen LogP contribution in [0, 0.1) is 18.6 Å². The van der Waals surface area contributed by atoms with Gasteiger partial charge in [-0.2, -0.15) is 0 Å². The van der Waals surface area contributed by atoms with Gasteiger partial charge in [-0.05, 0) is 42.3 Å². The summed E-state index contributed by atoms with van der Waals surface area (Å²) >= 11 is 3.30. The molecule has 0 amide bonds. The normalized spacial score (nSPS) is 10.5. The van der Waals surface area contributed by atoms with Crippen LogP contribution < -0.4 is 0 Å². The molecular weight excluding hydrogens is 314 g/mol. The largest absolute Gasteiger partial charge is 0.294 e. The first-order chi connectivity index (χ1) is 8.97. The molecule has 0 aliphatic rings. The van der Waals surface area contributed by atoms with Gasteiger partial charge in [0.15, 0.2) is 5.78 Å². The summed E-state index contributed by atoms with van der Waals surface area (Å²) in [5.74, 6) is -1.69. The molecule has 0 bridgehead atoms. The number of benzene rings is 2. The van der Waals surface area contributed by atoms with Gasteiger partial charge in [0.1, 0.15) is 11.6 Å². The zero-order chi connectivity index (χ0) is 14.0. The molecule has 0 spiro atoms. The molecule has 0 heterocycles. The van der Waals surface area contributed by atoms with E-state index < -0.39 is 17.4 Å². The summed E-state index contributed by atoms with van der Waals surface area (Å²) in [6.07, 6.45) is 0.0405. The van der Waals surface area contributed by atoms with Gasteiger partial charge < -0.3 is 0 Å². The van der Waals surface area contributed by atoms with E-state index in [-0.39, 0.29) is 17.5 Å². The maximum absolute atomic E-state index is 13.7. The minimum absolute atomic E-state index is 0.0405. The van der Waals surface area contributed by atoms with Gasteiger partial charge in [0.2, 0.25) is 0 Å². The second kappa shape index (κ2) is 5.61. The lowest BCUT2D eigenvalue weighted by Gasteiger charge is -2.05. The van der Waals surface area contributed by atoms with E-state index in [1.807, 2.05) is 6.07 Å². The first kappa shape index (κ1) is 13.9. The number of aryl methyl sites for hydroxylation is 1. The smallest absolute Gasteiger partial charge is 0.170 e. The fraction of sp³-hybridized carbons (Fsp3) is 0.133. The highest BCUT2D eigenvalue weighted by Crippen LogP contribution is 2.18. The van der Waals surface area contributed by atoms with Crippen molar-refractivity contribution in [3.8, 4) is 0 Å². The lowest BCUT2D eigenvalue weighted by molar-refractivity contribution is 0.0988. The van der Waals surface area contributed by atoms with Crippen LogP contribution in [-0.2, 0) is 6.42 Å². The van der Waals surface area contributed by atoms with Crippen molar-refractivity contribution in [1.29, 1.82) is 0 Å². The topological polar surface area (TPSA) is 17.1 Å². The summed E-state index contributed by atoms with van der Waals surface area (Å²) in [5.41, 5.74) is 0.735. The standard InChI is InChI=1S/C15H11BrF2O/c1-9-5-14(18)12(8-13(9)17)15(19)7-10-3-2-4-11(16)6-10/h2-6,8H,7H2,1H3. The van der Waals surface area contributed by atoms with E-state index in [0.717, 1.165) is 22.2 Å². The molecule has 0 saturated carbocycles. The first-order valence-electron chi connectivity index (χ1n) is 5.70.